The van der Waals surface area contributed by atoms with E-state index < -0.39 is 15.9 Å². The van der Waals surface area contributed by atoms with Crippen molar-refractivity contribution in [3.63, 3.8) is 0 Å². The van der Waals surface area contributed by atoms with Crippen LogP contribution in [0.4, 0.5) is 5.69 Å². The molecule has 1 aliphatic heterocycles. The van der Waals surface area contributed by atoms with Gasteiger partial charge in [-0.2, -0.15) is 0 Å². The van der Waals surface area contributed by atoms with E-state index in [0.29, 0.717) is 11.6 Å². The van der Waals surface area contributed by atoms with Crippen LogP contribution in [0.25, 0.3) is 0 Å². The fourth-order valence-corrected chi connectivity index (χ4v) is 5.49. The summed E-state index contributed by atoms with van der Waals surface area (Å²) in [6, 6.07) is 14.8. The van der Waals surface area contributed by atoms with Crippen LogP contribution >= 0.6 is 0 Å². The first-order valence-corrected chi connectivity index (χ1v) is 12.5. The average molecular weight is 458 g/mol. The van der Waals surface area contributed by atoms with Crippen molar-refractivity contribution in [2.24, 2.45) is 5.92 Å². The van der Waals surface area contributed by atoms with Gasteiger partial charge in [0.2, 0.25) is 5.91 Å². The minimum Gasteiger partial charge on any atom is -0.352 e. The van der Waals surface area contributed by atoms with E-state index >= 15 is 0 Å². The fraction of sp³-hybridized carbons (Fsp3) is 0.417. The van der Waals surface area contributed by atoms with Gasteiger partial charge in [0.1, 0.15) is 0 Å². The quantitative estimate of drug-likeness (QED) is 0.659. The molecule has 1 saturated heterocycles. The van der Waals surface area contributed by atoms with Crippen LogP contribution in [-0.2, 0) is 14.8 Å². The van der Waals surface area contributed by atoms with Crippen LogP contribution < -0.4 is 9.62 Å². The number of likely N-dealkylation sites (tertiary alicyclic amines) is 1. The van der Waals surface area contributed by atoms with E-state index in [2.05, 4.69) is 12.2 Å². The predicted octanol–water partition coefficient (Wildman–Crippen LogP) is 3.28. The molecule has 2 aromatic rings. The maximum absolute atomic E-state index is 13.2. The third-order valence-electron chi connectivity index (χ3n) is 5.65. The molecule has 2 amide bonds. The molecule has 8 heteroatoms. The minimum absolute atomic E-state index is 0.0367. The van der Waals surface area contributed by atoms with E-state index in [-0.39, 0.29) is 35.9 Å². The molecule has 1 N–H and O–H groups in total. The number of sulfonamides is 1. The third kappa shape index (κ3) is 5.68. The first kappa shape index (κ1) is 23.8. The molecule has 2 aromatic carbocycles. The summed E-state index contributed by atoms with van der Waals surface area (Å²) < 4.78 is 27.7. The van der Waals surface area contributed by atoms with Crippen molar-refractivity contribution in [3.05, 3.63) is 60.2 Å². The zero-order valence-electron chi connectivity index (χ0n) is 18.7. The smallest absolute Gasteiger partial charge is 0.264 e. The Hall–Kier alpha value is -2.87. The molecular weight excluding hydrogens is 426 g/mol. The summed E-state index contributed by atoms with van der Waals surface area (Å²) in [6.45, 7) is 5.92. The second-order valence-corrected chi connectivity index (χ2v) is 9.99. The Morgan fingerprint density at radius 1 is 1.12 bits per heavy atom. The molecule has 1 fully saturated rings. The maximum atomic E-state index is 13.2. The Kier molecular flexibility index (Phi) is 7.90. The van der Waals surface area contributed by atoms with Crippen LogP contribution in [0.3, 0.4) is 0 Å². The van der Waals surface area contributed by atoms with Gasteiger partial charge < -0.3 is 10.2 Å². The zero-order chi connectivity index (χ0) is 23.1. The molecule has 1 atom stereocenters. The van der Waals surface area contributed by atoms with Gasteiger partial charge in [-0.05, 0) is 56.0 Å². The summed E-state index contributed by atoms with van der Waals surface area (Å²) >= 11 is 0. The molecule has 0 spiro atoms. The van der Waals surface area contributed by atoms with Gasteiger partial charge in [-0.3, -0.25) is 13.9 Å². The molecule has 7 nitrogen and oxygen atoms in total. The van der Waals surface area contributed by atoms with Gasteiger partial charge >= 0.3 is 0 Å². The molecule has 0 aliphatic carbocycles. The van der Waals surface area contributed by atoms with Crippen LogP contribution in [0, 0.1) is 5.92 Å². The number of nitrogens with zero attached hydrogens (tertiary/aromatic N) is 2. The second-order valence-electron chi connectivity index (χ2n) is 8.13. The number of benzene rings is 2. The highest BCUT2D eigenvalue weighted by Crippen LogP contribution is 2.24. The number of hydrogen-bond donors (Lipinski definition) is 1. The van der Waals surface area contributed by atoms with Crippen molar-refractivity contribution < 1.29 is 18.0 Å². The third-order valence-corrected chi connectivity index (χ3v) is 7.55. The molecule has 1 unspecified atom stereocenters. The van der Waals surface area contributed by atoms with Gasteiger partial charge in [0.25, 0.3) is 15.9 Å². The molecule has 0 saturated carbocycles. The highest BCUT2D eigenvalue weighted by atomic mass is 32.2. The van der Waals surface area contributed by atoms with Crippen molar-refractivity contribution in [3.8, 4) is 0 Å². The molecule has 0 radical (unpaired) electrons. The van der Waals surface area contributed by atoms with Gasteiger partial charge in [0, 0.05) is 38.2 Å². The lowest BCUT2D eigenvalue weighted by molar-refractivity contribution is -0.132. The number of carbonyl (C=O) groups is 2. The molecule has 1 heterocycles. The maximum Gasteiger partial charge on any atom is 0.264 e. The Morgan fingerprint density at radius 2 is 1.88 bits per heavy atom. The standard InChI is InChI=1S/C24H31N3O4S/c1-3-27(21-11-5-4-6-12-21)32(30,31)22-13-7-10-20(17-22)24(29)25-15-14-23(28)26-16-8-9-19(2)18-26/h4-7,10-13,17,19H,3,8-9,14-16,18H2,1-2H3,(H,25,29). The molecule has 3 rings (SSSR count). The lowest BCUT2D eigenvalue weighted by Crippen LogP contribution is -2.40. The number of piperidine rings is 1. The van der Waals surface area contributed by atoms with Crippen LogP contribution in [0.2, 0.25) is 0 Å². The Labute approximate surface area is 190 Å². The van der Waals surface area contributed by atoms with Gasteiger partial charge in [0.05, 0.1) is 10.6 Å². The van der Waals surface area contributed by atoms with Crippen molar-refractivity contribution in [1.82, 2.24) is 10.2 Å². The van der Waals surface area contributed by atoms with Crippen LogP contribution in [-0.4, -0.2) is 51.3 Å². The molecule has 0 aromatic heterocycles. The van der Waals surface area contributed by atoms with Gasteiger partial charge in [-0.1, -0.05) is 31.2 Å². The van der Waals surface area contributed by atoms with Gasteiger partial charge in [0.15, 0.2) is 0 Å². The predicted molar refractivity (Wildman–Crippen MR) is 125 cm³/mol. The fourth-order valence-electron chi connectivity index (χ4n) is 3.97. The Bertz CT molecular complexity index is 1040. The molecule has 1 aliphatic rings. The number of para-hydroxylation sites is 1. The summed E-state index contributed by atoms with van der Waals surface area (Å²) in [4.78, 5) is 26.9. The summed E-state index contributed by atoms with van der Waals surface area (Å²) in [5.74, 6) is 0.143. The lowest BCUT2D eigenvalue weighted by Gasteiger charge is -2.31. The lowest BCUT2D eigenvalue weighted by atomic mass is 10.00. The van der Waals surface area contributed by atoms with E-state index in [9.17, 15) is 18.0 Å². The monoisotopic (exact) mass is 457 g/mol. The average Bonchev–Trinajstić information content (AvgIpc) is 2.80. The Morgan fingerprint density at radius 3 is 2.56 bits per heavy atom. The number of anilines is 1. The summed E-state index contributed by atoms with van der Waals surface area (Å²) in [7, 11) is -3.82. The van der Waals surface area contributed by atoms with Crippen LogP contribution in [0.1, 0.15) is 43.5 Å². The van der Waals surface area contributed by atoms with E-state index in [4.69, 9.17) is 0 Å². The number of amides is 2. The van der Waals surface area contributed by atoms with E-state index in [0.717, 1.165) is 25.9 Å². The SMILES string of the molecule is CCN(c1ccccc1)S(=O)(=O)c1cccc(C(=O)NCCC(=O)N2CCCC(C)C2)c1. The highest BCUT2D eigenvalue weighted by molar-refractivity contribution is 7.92. The summed E-state index contributed by atoms with van der Waals surface area (Å²) in [5, 5.41) is 2.74. The van der Waals surface area contributed by atoms with E-state index in [1.165, 1.54) is 16.4 Å². The van der Waals surface area contributed by atoms with Crippen LogP contribution in [0.15, 0.2) is 59.5 Å². The number of rotatable bonds is 8. The molecule has 0 bridgehead atoms. The molecule has 32 heavy (non-hydrogen) atoms. The number of hydrogen-bond acceptors (Lipinski definition) is 4. The van der Waals surface area contributed by atoms with E-state index in [1.54, 1.807) is 43.3 Å². The van der Waals surface area contributed by atoms with E-state index in [1.807, 2.05) is 11.0 Å². The summed E-state index contributed by atoms with van der Waals surface area (Å²) in [5.41, 5.74) is 0.810. The largest absolute Gasteiger partial charge is 0.352 e. The first-order chi connectivity index (χ1) is 15.3. The van der Waals surface area contributed by atoms with Gasteiger partial charge in [-0.15, -0.1) is 0 Å². The first-order valence-electron chi connectivity index (χ1n) is 11.1. The summed E-state index contributed by atoms with van der Waals surface area (Å²) in [6.07, 6.45) is 2.38. The number of carbonyl (C=O) groups excluding carboxylic acids is 2. The number of nitrogens with one attached hydrogen (secondary N) is 1. The second kappa shape index (κ2) is 10.6. The van der Waals surface area contributed by atoms with Crippen molar-refractivity contribution >= 4 is 27.5 Å². The molecular formula is C24H31N3O4S. The van der Waals surface area contributed by atoms with Gasteiger partial charge in [-0.25, -0.2) is 8.42 Å². The van der Waals surface area contributed by atoms with Crippen molar-refractivity contribution in [2.75, 3.05) is 30.5 Å². The highest BCUT2D eigenvalue weighted by Gasteiger charge is 2.25. The van der Waals surface area contributed by atoms with Crippen LogP contribution in [0.5, 0.6) is 0 Å². The Balaban J connectivity index is 1.64. The van der Waals surface area contributed by atoms with Crippen molar-refractivity contribution in [1.29, 1.82) is 0 Å². The normalized spacial score (nSPS) is 16.4. The molecule has 172 valence electrons. The van der Waals surface area contributed by atoms with Crippen molar-refractivity contribution in [2.45, 2.75) is 38.0 Å². The zero-order valence-corrected chi connectivity index (χ0v) is 19.5. The topological polar surface area (TPSA) is 86.8 Å². The minimum atomic E-state index is -3.82.